The number of amides is 3. The lowest BCUT2D eigenvalue weighted by atomic mass is 10.1. The van der Waals surface area contributed by atoms with Gasteiger partial charge in [-0.3, -0.25) is 14.4 Å². The highest BCUT2D eigenvalue weighted by atomic mass is 32.2. The maximum Gasteiger partial charge on any atom is 0.246 e. The zero-order chi connectivity index (χ0) is 19.1. The number of anilines is 1. The zero-order valence-corrected chi connectivity index (χ0v) is 15.3. The van der Waals surface area contributed by atoms with Crippen molar-refractivity contribution in [2.24, 2.45) is 0 Å². The highest BCUT2D eigenvalue weighted by Gasteiger charge is 2.44. The number of likely N-dealkylation sites (N-methyl/N-ethyl adjacent to an activating group) is 1. The molecule has 26 heavy (non-hydrogen) atoms. The van der Waals surface area contributed by atoms with Crippen LogP contribution in [0.2, 0.25) is 0 Å². The number of rotatable bonds is 3. The topological polar surface area (TPSA) is 107 Å². The van der Waals surface area contributed by atoms with E-state index in [0.29, 0.717) is 5.69 Å². The van der Waals surface area contributed by atoms with Crippen molar-refractivity contribution in [1.29, 1.82) is 0 Å². The summed E-state index contributed by atoms with van der Waals surface area (Å²) in [4.78, 5) is 38.3. The second-order valence-corrected chi connectivity index (χ2v) is 8.30. The van der Waals surface area contributed by atoms with Crippen molar-refractivity contribution >= 4 is 33.4 Å². The SMILES string of the molecule is CC(=O)Nc1ccc(S(=O)(=O)N2CCN3C(=O)CN(C)C(=O)C3C2)cc1. The van der Waals surface area contributed by atoms with E-state index < -0.39 is 16.1 Å². The molecule has 0 saturated carbocycles. The van der Waals surface area contributed by atoms with Crippen molar-refractivity contribution in [3.05, 3.63) is 24.3 Å². The first-order chi connectivity index (χ1) is 12.2. The summed E-state index contributed by atoms with van der Waals surface area (Å²) in [7, 11) is -2.27. The molecule has 0 aromatic heterocycles. The van der Waals surface area contributed by atoms with Gasteiger partial charge >= 0.3 is 0 Å². The first kappa shape index (κ1) is 18.3. The fraction of sp³-hybridized carbons (Fsp3) is 0.438. The minimum Gasteiger partial charge on any atom is -0.335 e. The lowest BCUT2D eigenvalue weighted by Crippen LogP contribution is -2.66. The average Bonchev–Trinajstić information content (AvgIpc) is 2.59. The number of fused-ring (bicyclic) bond motifs is 1. The number of piperazine rings is 2. The van der Waals surface area contributed by atoms with Gasteiger partial charge in [-0.05, 0) is 24.3 Å². The number of nitrogens with one attached hydrogen (secondary N) is 1. The van der Waals surface area contributed by atoms with E-state index in [0.717, 1.165) is 0 Å². The standard InChI is InChI=1S/C16H20N4O5S/c1-11(21)17-12-3-5-13(6-4-12)26(24,25)19-7-8-20-14(9-19)16(23)18(2)10-15(20)22/h3-6,14H,7-10H2,1-2H3,(H,17,21). The largest absolute Gasteiger partial charge is 0.335 e. The molecule has 2 fully saturated rings. The predicted octanol–water partition coefficient (Wildman–Crippen LogP) is -0.681. The Morgan fingerprint density at radius 3 is 2.42 bits per heavy atom. The van der Waals surface area contributed by atoms with Crippen LogP contribution in [0, 0.1) is 0 Å². The van der Waals surface area contributed by atoms with Gasteiger partial charge < -0.3 is 15.1 Å². The minimum absolute atomic E-state index is 0.0205. The van der Waals surface area contributed by atoms with Crippen LogP contribution in [0.25, 0.3) is 0 Å². The third kappa shape index (κ3) is 3.29. The maximum atomic E-state index is 12.9. The van der Waals surface area contributed by atoms with Crippen molar-refractivity contribution in [2.45, 2.75) is 17.9 Å². The molecule has 2 aliphatic rings. The number of hydrogen-bond acceptors (Lipinski definition) is 5. The minimum atomic E-state index is -3.80. The summed E-state index contributed by atoms with van der Waals surface area (Å²) in [5.41, 5.74) is 0.496. The van der Waals surface area contributed by atoms with E-state index in [1.165, 1.54) is 52.3 Å². The molecule has 10 heteroatoms. The molecule has 1 atom stereocenters. The number of carbonyl (C=O) groups is 3. The molecule has 1 aromatic carbocycles. The highest BCUT2D eigenvalue weighted by molar-refractivity contribution is 7.89. The van der Waals surface area contributed by atoms with Crippen LogP contribution in [0.4, 0.5) is 5.69 Å². The number of benzene rings is 1. The Labute approximate surface area is 151 Å². The summed E-state index contributed by atoms with van der Waals surface area (Å²) in [6.45, 7) is 1.64. The van der Waals surface area contributed by atoms with Crippen LogP contribution < -0.4 is 5.32 Å². The lowest BCUT2D eigenvalue weighted by Gasteiger charge is -2.44. The van der Waals surface area contributed by atoms with Crippen LogP contribution >= 0.6 is 0 Å². The Morgan fingerprint density at radius 1 is 1.15 bits per heavy atom. The van der Waals surface area contributed by atoms with Crippen LogP contribution in [0.3, 0.4) is 0 Å². The van der Waals surface area contributed by atoms with Gasteiger partial charge in [-0.25, -0.2) is 8.42 Å². The Balaban J connectivity index is 1.81. The molecule has 3 rings (SSSR count). The van der Waals surface area contributed by atoms with E-state index in [1.54, 1.807) is 0 Å². The summed E-state index contributed by atoms with van der Waals surface area (Å²) in [6, 6.07) is 5.05. The summed E-state index contributed by atoms with van der Waals surface area (Å²) >= 11 is 0. The average molecular weight is 380 g/mol. The van der Waals surface area contributed by atoms with E-state index in [2.05, 4.69) is 5.32 Å². The van der Waals surface area contributed by atoms with Gasteiger partial charge in [-0.2, -0.15) is 4.31 Å². The summed E-state index contributed by atoms with van der Waals surface area (Å²) in [5, 5.41) is 2.57. The van der Waals surface area contributed by atoms with Crippen LogP contribution in [0.15, 0.2) is 29.2 Å². The van der Waals surface area contributed by atoms with Crippen molar-refractivity contribution in [1.82, 2.24) is 14.1 Å². The molecular formula is C16H20N4O5S. The second kappa shape index (κ2) is 6.69. The molecule has 0 spiro atoms. The zero-order valence-electron chi connectivity index (χ0n) is 14.5. The van der Waals surface area contributed by atoms with E-state index >= 15 is 0 Å². The lowest BCUT2D eigenvalue weighted by molar-refractivity contribution is -0.156. The van der Waals surface area contributed by atoms with E-state index in [4.69, 9.17) is 0 Å². The van der Waals surface area contributed by atoms with Gasteiger partial charge in [0.05, 0.1) is 11.4 Å². The van der Waals surface area contributed by atoms with Gasteiger partial charge in [-0.1, -0.05) is 0 Å². The summed E-state index contributed by atoms with van der Waals surface area (Å²) in [5.74, 6) is -0.680. The number of hydrogen-bond donors (Lipinski definition) is 1. The Kier molecular flexibility index (Phi) is 4.72. The molecule has 2 heterocycles. The quantitative estimate of drug-likeness (QED) is 0.748. The van der Waals surface area contributed by atoms with E-state index in [1.807, 2.05) is 0 Å². The smallest absolute Gasteiger partial charge is 0.246 e. The highest BCUT2D eigenvalue weighted by Crippen LogP contribution is 2.24. The van der Waals surface area contributed by atoms with Gasteiger partial charge in [0, 0.05) is 39.3 Å². The van der Waals surface area contributed by atoms with Crippen LogP contribution in [-0.4, -0.2) is 79.5 Å². The van der Waals surface area contributed by atoms with Gasteiger partial charge in [-0.15, -0.1) is 0 Å². The Hall–Kier alpha value is -2.46. The van der Waals surface area contributed by atoms with Crippen molar-refractivity contribution in [2.75, 3.05) is 38.5 Å². The third-order valence-corrected chi connectivity index (χ3v) is 6.39. The second-order valence-electron chi connectivity index (χ2n) is 6.37. The van der Waals surface area contributed by atoms with Crippen LogP contribution in [-0.2, 0) is 24.4 Å². The van der Waals surface area contributed by atoms with Gasteiger partial charge in [0.1, 0.15) is 6.04 Å². The molecule has 2 aliphatic heterocycles. The van der Waals surface area contributed by atoms with Crippen LogP contribution in [0.1, 0.15) is 6.92 Å². The molecule has 2 saturated heterocycles. The number of carbonyl (C=O) groups excluding carboxylic acids is 3. The fourth-order valence-electron chi connectivity index (χ4n) is 3.17. The summed E-state index contributed by atoms with van der Waals surface area (Å²) < 4.78 is 27.0. The van der Waals surface area contributed by atoms with Crippen molar-refractivity contribution < 1.29 is 22.8 Å². The van der Waals surface area contributed by atoms with Crippen molar-refractivity contribution in [3.63, 3.8) is 0 Å². The predicted molar refractivity (Wildman–Crippen MR) is 92.6 cm³/mol. The van der Waals surface area contributed by atoms with Crippen molar-refractivity contribution in [3.8, 4) is 0 Å². The monoisotopic (exact) mass is 380 g/mol. The fourth-order valence-corrected chi connectivity index (χ4v) is 4.61. The Bertz CT molecular complexity index is 852. The van der Waals surface area contributed by atoms with Gasteiger partial charge in [0.15, 0.2) is 0 Å². The first-order valence-electron chi connectivity index (χ1n) is 8.12. The Morgan fingerprint density at radius 2 is 1.81 bits per heavy atom. The molecule has 3 amide bonds. The summed E-state index contributed by atoms with van der Waals surface area (Å²) in [6.07, 6.45) is 0. The van der Waals surface area contributed by atoms with E-state index in [-0.39, 0.29) is 48.8 Å². The molecule has 0 radical (unpaired) electrons. The molecule has 0 bridgehead atoms. The molecule has 0 aliphatic carbocycles. The van der Waals surface area contributed by atoms with E-state index in [9.17, 15) is 22.8 Å². The molecule has 9 nitrogen and oxygen atoms in total. The maximum absolute atomic E-state index is 12.9. The molecule has 1 aromatic rings. The number of sulfonamides is 1. The molecule has 1 unspecified atom stereocenters. The van der Waals surface area contributed by atoms with Crippen LogP contribution in [0.5, 0.6) is 0 Å². The molecule has 1 N–H and O–H groups in total. The number of nitrogens with zero attached hydrogens (tertiary/aromatic N) is 3. The third-order valence-electron chi connectivity index (χ3n) is 4.51. The molecule has 140 valence electrons. The van der Waals surface area contributed by atoms with Gasteiger partial charge in [0.2, 0.25) is 27.7 Å². The van der Waals surface area contributed by atoms with Gasteiger partial charge in [0.25, 0.3) is 0 Å². The first-order valence-corrected chi connectivity index (χ1v) is 9.56. The normalized spacial score (nSPS) is 21.5. The molecular weight excluding hydrogens is 360 g/mol.